The number of carbonyl (C=O) groups is 3. The van der Waals surface area contributed by atoms with Gasteiger partial charge in [0.15, 0.2) is 18.1 Å². The Bertz CT molecular complexity index is 913. The normalized spacial score (nSPS) is 27.1. The Labute approximate surface area is 175 Å². The molecule has 4 atom stereocenters. The van der Waals surface area contributed by atoms with Gasteiger partial charge in [0.25, 0.3) is 11.8 Å². The molecule has 1 saturated carbocycles. The molecular formula is C20H19BrN2O6. The zero-order chi connectivity index (χ0) is 20.7. The van der Waals surface area contributed by atoms with Gasteiger partial charge in [-0.1, -0.05) is 12.2 Å². The molecule has 0 aromatic heterocycles. The molecule has 1 heterocycles. The zero-order valence-corrected chi connectivity index (χ0v) is 17.4. The predicted molar refractivity (Wildman–Crippen MR) is 105 cm³/mol. The number of ether oxygens (including phenoxy) is 3. The predicted octanol–water partition coefficient (Wildman–Crippen LogP) is 2.15. The van der Waals surface area contributed by atoms with E-state index < -0.39 is 5.97 Å². The third-order valence-corrected chi connectivity index (χ3v) is 6.30. The van der Waals surface area contributed by atoms with Gasteiger partial charge in [-0.3, -0.25) is 9.59 Å². The van der Waals surface area contributed by atoms with Crippen molar-refractivity contribution in [1.29, 1.82) is 0 Å². The van der Waals surface area contributed by atoms with Crippen LogP contribution in [-0.4, -0.2) is 49.8 Å². The summed E-state index contributed by atoms with van der Waals surface area (Å²) in [6.45, 7) is -0.261. The highest BCUT2D eigenvalue weighted by molar-refractivity contribution is 9.10. The fourth-order valence-corrected chi connectivity index (χ4v) is 4.66. The van der Waals surface area contributed by atoms with Gasteiger partial charge in [0, 0.05) is 10.0 Å². The number of rotatable bonds is 6. The monoisotopic (exact) mass is 462 g/mol. The van der Waals surface area contributed by atoms with Crippen LogP contribution in [0.4, 0.5) is 0 Å². The molecule has 0 radical (unpaired) electrons. The van der Waals surface area contributed by atoms with Crippen LogP contribution in [0.15, 0.2) is 33.9 Å². The van der Waals surface area contributed by atoms with Crippen LogP contribution >= 0.6 is 15.9 Å². The number of amides is 2. The molecule has 2 amide bonds. The Hall–Kier alpha value is -2.68. The zero-order valence-electron chi connectivity index (χ0n) is 15.8. The lowest BCUT2D eigenvalue weighted by Gasteiger charge is -2.13. The average Bonchev–Trinajstić information content (AvgIpc) is 3.40. The lowest BCUT2D eigenvalue weighted by molar-refractivity contribution is -0.143. The van der Waals surface area contributed by atoms with Crippen molar-refractivity contribution in [2.45, 2.75) is 6.42 Å². The van der Waals surface area contributed by atoms with Crippen LogP contribution in [-0.2, 0) is 19.1 Å². The van der Waals surface area contributed by atoms with Gasteiger partial charge in [-0.15, -0.1) is 0 Å². The molecule has 0 spiro atoms. The molecule has 3 aliphatic rings. The topological polar surface area (TPSA) is 94.5 Å². The van der Waals surface area contributed by atoms with Crippen molar-refractivity contribution in [2.75, 3.05) is 20.8 Å². The maximum Gasteiger partial charge on any atom is 0.343 e. The number of nitrogens with zero attached hydrogens (tertiary/aromatic N) is 2. The smallest absolute Gasteiger partial charge is 0.343 e. The molecule has 29 heavy (non-hydrogen) atoms. The van der Waals surface area contributed by atoms with E-state index in [-0.39, 0.29) is 42.1 Å². The molecule has 152 valence electrons. The summed E-state index contributed by atoms with van der Waals surface area (Å²) < 4.78 is 15.9. The minimum atomic E-state index is -0.520. The van der Waals surface area contributed by atoms with E-state index in [9.17, 15) is 14.4 Å². The summed E-state index contributed by atoms with van der Waals surface area (Å²) in [5.74, 6) is -0.593. The van der Waals surface area contributed by atoms with Crippen molar-refractivity contribution in [3.63, 3.8) is 0 Å². The minimum Gasteiger partial charge on any atom is -0.493 e. The van der Waals surface area contributed by atoms with Crippen LogP contribution in [0, 0.1) is 23.7 Å². The van der Waals surface area contributed by atoms with Crippen LogP contribution in [0.25, 0.3) is 0 Å². The fraction of sp³-hybridized carbons (Fsp3) is 0.400. The van der Waals surface area contributed by atoms with Crippen molar-refractivity contribution in [3.8, 4) is 11.5 Å². The molecule has 1 aliphatic heterocycles. The molecule has 1 aromatic carbocycles. The van der Waals surface area contributed by atoms with Crippen LogP contribution in [0.5, 0.6) is 11.5 Å². The number of carbonyl (C=O) groups excluding carboxylic acids is 3. The Balaban J connectivity index is 1.53. The molecule has 0 N–H and O–H groups in total. The number of hydrazone groups is 1. The molecular weight excluding hydrogens is 444 g/mol. The van der Waals surface area contributed by atoms with E-state index in [0.29, 0.717) is 21.5 Å². The highest BCUT2D eigenvalue weighted by atomic mass is 79.9. The first-order chi connectivity index (χ1) is 13.9. The highest BCUT2D eigenvalue weighted by Crippen LogP contribution is 2.52. The maximum atomic E-state index is 12.7. The summed E-state index contributed by atoms with van der Waals surface area (Å²) in [7, 11) is 2.74. The summed E-state index contributed by atoms with van der Waals surface area (Å²) in [6.07, 6.45) is 6.39. The summed E-state index contributed by atoms with van der Waals surface area (Å²) >= 11 is 3.41. The quantitative estimate of drug-likeness (QED) is 0.278. The molecule has 2 fully saturated rings. The summed E-state index contributed by atoms with van der Waals surface area (Å²) in [5.41, 5.74) is 0.589. The van der Waals surface area contributed by atoms with Crippen LogP contribution in [0.2, 0.25) is 0 Å². The van der Waals surface area contributed by atoms with Crippen LogP contribution < -0.4 is 9.47 Å². The second-order valence-electron chi connectivity index (χ2n) is 7.12. The number of esters is 1. The molecule has 4 rings (SSSR count). The van der Waals surface area contributed by atoms with Crippen molar-refractivity contribution in [2.24, 2.45) is 28.8 Å². The maximum absolute atomic E-state index is 12.7. The van der Waals surface area contributed by atoms with Crippen LogP contribution in [0.3, 0.4) is 0 Å². The highest BCUT2D eigenvalue weighted by Gasteiger charge is 2.59. The van der Waals surface area contributed by atoms with Crippen molar-refractivity contribution < 1.29 is 28.6 Å². The second kappa shape index (κ2) is 7.62. The fourth-order valence-electron chi connectivity index (χ4n) is 4.24. The van der Waals surface area contributed by atoms with Gasteiger partial charge >= 0.3 is 5.97 Å². The number of hydrogen-bond acceptors (Lipinski definition) is 7. The Morgan fingerprint density at radius 1 is 1.17 bits per heavy atom. The number of methoxy groups -OCH3 is 2. The molecule has 8 nitrogen and oxygen atoms in total. The standard InChI is InChI=1S/C20H19BrN2O6/c1-27-14-6-12(13(21)7-15(14)29-9-16(24)28-2)8-22-23-19(25)17-10-3-4-11(5-10)18(17)20(23)26/h3-4,6-8,10-11,17-18H,5,9H2,1-2H3/t10-,11-,17-,18+/m0/s1. The summed E-state index contributed by atoms with van der Waals surface area (Å²) in [4.78, 5) is 36.7. The third kappa shape index (κ3) is 3.33. The number of fused-ring (bicyclic) bond motifs is 5. The molecule has 1 saturated heterocycles. The van der Waals surface area contributed by atoms with E-state index >= 15 is 0 Å². The average molecular weight is 463 g/mol. The van der Waals surface area contributed by atoms with Crippen molar-refractivity contribution >= 4 is 39.9 Å². The summed E-state index contributed by atoms with van der Waals surface area (Å²) in [5, 5.41) is 5.16. The SMILES string of the molecule is COC(=O)COc1cc(Br)c(C=NN2C(=O)[C@@H]3[C@H](C2=O)[C@H]2C=C[C@H]3C2)cc1OC. The van der Waals surface area contributed by atoms with Gasteiger partial charge in [-0.2, -0.15) is 10.1 Å². The van der Waals surface area contributed by atoms with E-state index in [1.165, 1.54) is 20.4 Å². The third-order valence-electron chi connectivity index (χ3n) is 5.62. The van der Waals surface area contributed by atoms with Gasteiger partial charge in [0.05, 0.1) is 32.3 Å². The molecule has 9 heteroatoms. The van der Waals surface area contributed by atoms with Crippen molar-refractivity contribution in [3.05, 3.63) is 34.3 Å². The first-order valence-electron chi connectivity index (χ1n) is 9.12. The minimum absolute atomic E-state index is 0.139. The van der Waals surface area contributed by atoms with E-state index in [1.54, 1.807) is 12.1 Å². The number of halogens is 1. The Morgan fingerprint density at radius 3 is 2.41 bits per heavy atom. The lowest BCUT2D eigenvalue weighted by atomic mass is 9.85. The van der Waals surface area contributed by atoms with Gasteiger partial charge in [-0.05, 0) is 46.3 Å². The first kappa shape index (κ1) is 19.6. The van der Waals surface area contributed by atoms with E-state index in [1.807, 2.05) is 12.2 Å². The molecule has 2 bridgehead atoms. The second-order valence-corrected chi connectivity index (χ2v) is 7.98. The number of allylic oxidation sites excluding steroid dienone is 2. The van der Waals surface area contributed by atoms with Gasteiger partial charge in [-0.25, -0.2) is 4.79 Å². The van der Waals surface area contributed by atoms with E-state index in [4.69, 9.17) is 9.47 Å². The number of benzene rings is 1. The molecule has 1 aromatic rings. The van der Waals surface area contributed by atoms with Gasteiger partial charge in [0.1, 0.15) is 0 Å². The van der Waals surface area contributed by atoms with Gasteiger partial charge in [0.2, 0.25) is 0 Å². The van der Waals surface area contributed by atoms with Crippen LogP contribution in [0.1, 0.15) is 12.0 Å². The molecule has 2 aliphatic carbocycles. The lowest BCUT2D eigenvalue weighted by Crippen LogP contribution is -2.28. The number of imide groups is 1. The first-order valence-corrected chi connectivity index (χ1v) is 9.91. The van der Waals surface area contributed by atoms with E-state index in [2.05, 4.69) is 25.8 Å². The molecule has 0 unspecified atom stereocenters. The largest absolute Gasteiger partial charge is 0.493 e. The van der Waals surface area contributed by atoms with Gasteiger partial charge < -0.3 is 14.2 Å². The van der Waals surface area contributed by atoms with E-state index in [0.717, 1.165) is 11.4 Å². The Kier molecular flexibility index (Phi) is 5.16. The summed E-state index contributed by atoms with van der Waals surface area (Å²) in [6, 6.07) is 3.26. The Morgan fingerprint density at radius 2 is 1.83 bits per heavy atom. The number of hydrogen-bond donors (Lipinski definition) is 0. The van der Waals surface area contributed by atoms with Crippen molar-refractivity contribution in [1.82, 2.24) is 5.01 Å².